The number of likely N-dealkylation sites (tertiary alicyclic amines) is 1. The molecular weight excluding hydrogens is 294 g/mol. The van der Waals surface area contributed by atoms with E-state index in [4.69, 9.17) is 16.7 Å². The molecule has 6 nitrogen and oxygen atoms in total. The fourth-order valence-corrected chi connectivity index (χ4v) is 2.52. The van der Waals surface area contributed by atoms with Crippen molar-refractivity contribution in [2.45, 2.75) is 25.8 Å². The van der Waals surface area contributed by atoms with Crippen molar-refractivity contribution in [3.63, 3.8) is 0 Å². The highest BCUT2D eigenvalue weighted by Crippen LogP contribution is 2.20. The standard InChI is InChI=1S/C14H18ClN3O3/c1-9(14(20)21)18-6-2-3-10(8-18)13(19)17-12-5-4-11(15)7-16-12/h4-5,7,9-10H,2-3,6,8H2,1H3,(H,20,21)(H,16,17,19). The Morgan fingerprint density at radius 3 is 2.90 bits per heavy atom. The monoisotopic (exact) mass is 311 g/mol. The normalized spacial score (nSPS) is 20.8. The minimum absolute atomic E-state index is 0.132. The molecule has 2 N–H and O–H groups in total. The van der Waals surface area contributed by atoms with Crippen LogP contribution in [0.2, 0.25) is 5.02 Å². The lowest BCUT2D eigenvalue weighted by atomic mass is 9.96. The van der Waals surface area contributed by atoms with Crippen LogP contribution in [0.3, 0.4) is 0 Å². The van der Waals surface area contributed by atoms with Crippen molar-refractivity contribution in [2.75, 3.05) is 18.4 Å². The van der Waals surface area contributed by atoms with Gasteiger partial charge in [0, 0.05) is 12.7 Å². The first-order valence-corrected chi connectivity index (χ1v) is 7.24. The van der Waals surface area contributed by atoms with Gasteiger partial charge in [-0.1, -0.05) is 11.6 Å². The molecule has 0 aromatic carbocycles. The predicted molar refractivity (Wildman–Crippen MR) is 79.3 cm³/mol. The average Bonchev–Trinajstić information content (AvgIpc) is 2.48. The Morgan fingerprint density at radius 2 is 2.29 bits per heavy atom. The summed E-state index contributed by atoms with van der Waals surface area (Å²) in [7, 11) is 0. The van der Waals surface area contributed by atoms with E-state index in [2.05, 4.69) is 10.3 Å². The van der Waals surface area contributed by atoms with E-state index in [0.29, 0.717) is 23.9 Å². The van der Waals surface area contributed by atoms with Gasteiger partial charge in [0.1, 0.15) is 11.9 Å². The summed E-state index contributed by atoms with van der Waals surface area (Å²) in [5.74, 6) is -0.770. The molecule has 2 unspecified atom stereocenters. The van der Waals surface area contributed by atoms with E-state index in [1.807, 2.05) is 4.90 Å². The summed E-state index contributed by atoms with van der Waals surface area (Å²) in [5.41, 5.74) is 0. The zero-order valence-electron chi connectivity index (χ0n) is 11.8. The van der Waals surface area contributed by atoms with Gasteiger partial charge in [-0.2, -0.15) is 0 Å². The molecule has 1 aliphatic rings. The Morgan fingerprint density at radius 1 is 1.52 bits per heavy atom. The minimum Gasteiger partial charge on any atom is -0.480 e. The SMILES string of the molecule is CC(C(=O)O)N1CCCC(C(=O)Nc2ccc(Cl)cn2)C1. The Hall–Kier alpha value is -1.66. The van der Waals surface area contributed by atoms with Crippen molar-refractivity contribution < 1.29 is 14.7 Å². The van der Waals surface area contributed by atoms with Crippen LogP contribution >= 0.6 is 11.6 Å². The lowest BCUT2D eigenvalue weighted by Crippen LogP contribution is -2.47. The summed E-state index contributed by atoms with van der Waals surface area (Å²) in [6, 6.07) is 2.72. The van der Waals surface area contributed by atoms with E-state index in [-0.39, 0.29) is 11.8 Å². The number of halogens is 1. The number of hydrogen-bond donors (Lipinski definition) is 2. The topological polar surface area (TPSA) is 82.5 Å². The third-order valence-corrected chi connectivity index (χ3v) is 3.93. The molecule has 21 heavy (non-hydrogen) atoms. The number of rotatable bonds is 4. The number of piperidine rings is 1. The number of carboxylic acids is 1. The largest absolute Gasteiger partial charge is 0.480 e. The minimum atomic E-state index is -0.865. The Balaban J connectivity index is 1.95. The summed E-state index contributed by atoms with van der Waals surface area (Å²) in [6.07, 6.45) is 3.03. The van der Waals surface area contributed by atoms with Crippen LogP contribution in [-0.2, 0) is 9.59 Å². The summed E-state index contributed by atoms with van der Waals surface area (Å²) >= 11 is 5.74. The number of amides is 1. The second-order valence-electron chi connectivity index (χ2n) is 5.20. The van der Waals surface area contributed by atoms with E-state index in [1.54, 1.807) is 19.1 Å². The van der Waals surface area contributed by atoms with Gasteiger partial charge in [-0.25, -0.2) is 4.98 Å². The number of carbonyl (C=O) groups is 2. The maximum Gasteiger partial charge on any atom is 0.320 e. The molecule has 7 heteroatoms. The summed E-state index contributed by atoms with van der Waals surface area (Å²) in [4.78, 5) is 29.1. The highest BCUT2D eigenvalue weighted by Gasteiger charge is 2.30. The molecule has 0 bridgehead atoms. The molecule has 2 rings (SSSR count). The van der Waals surface area contributed by atoms with Gasteiger partial charge in [-0.3, -0.25) is 14.5 Å². The molecule has 114 valence electrons. The molecule has 0 spiro atoms. The number of nitrogens with zero attached hydrogens (tertiary/aromatic N) is 2. The van der Waals surface area contributed by atoms with E-state index < -0.39 is 12.0 Å². The van der Waals surface area contributed by atoms with Crippen LogP contribution < -0.4 is 5.32 Å². The fourth-order valence-electron chi connectivity index (χ4n) is 2.41. The number of nitrogens with one attached hydrogen (secondary N) is 1. The summed E-state index contributed by atoms with van der Waals surface area (Å²) in [5, 5.41) is 12.3. The van der Waals surface area contributed by atoms with Crippen LogP contribution in [-0.4, -0.2) is 46.0 Å². The van der Waals surface area contributed by atoms with Crippen LogP contribution in [0.1, 0.15) is 19.8 Å². The molecule has 1 aromatic rings. The molecule has 0 radical (unpaired) electrons. The molecule has 1 saturated heterocycles. The van der Waals surface area contributed by atoms with Crippen molar-refractivity contribution in [3.8, 4) is 0 Å². The maximum absolute atomic E-state index is 12.2. The number of pyridine rings is 1. The van der Waals surface area contributed by atoms with Gasteiger partial charge in [-0.15, -0.1) is 0 Å². The Kier molecular flexibility index (Phi) is 5.14. The van der Waals surface area contributed by atoms with Crippen LogP contribution in [0.15, 0.2) is 18.3 Å². The molecular formula is C14H18ClN3O3. The highest BCUT2D eigenvalue weighted by molar-refractivity contribution is 6.30. The number of carbonyl (C=O) groups excluding carboxylic acids is 1. The molecule has 1 amide bonds. The fraction of sp³-hybridized carbons (Fsp3) is 0.500. The molecule has 0 saturated carbocycles. The number of carboxylic acid groups (broad SMARTS) is 1. The van der Waals surface area contributed by atoms with Gasteiger partial charge in [0.25, 0.3) is 0 Å². The number of aromatic nitrogens is 1. The van der Waals surface area contributed by atoms with E-state index in [9.17, 15) is 9.59 Å². The summed E-state index contributed by atoms with van der Waals surface area (Å²) < 4.78 is 0. The van der Waals surface area contributed by atoms with Crippen molar-refractivity contribution in [1.29, 1.82) is 0 Å². The first kappa shape index (κ1) is 15.7. The lowest BCUT2D eigenvalue weighted by Gasteiger charge is -2.34. The quantitative estimate of drug-likeness (QED) is 0.887. The Labute approximate surface area is 128 Å². The molecule has 2 heterocycles. The molecule has 0 aliphatic carbocycles. The highest BCUT2D eigenvalue weighted by atomic mass is 35.5. The molecule has 1 aliphatic heterocycles. The van der Waals surface area contributed by atoms with E-state index >= 15 is 0 Å². The van der Waals surface area contributed by atoms with Crippen molar-refractivity contribution in [3.05, 3.63) is 23.4 Å². The smallest absolute Gasteiger partial charge is 0.320 e. The van der Waals surface area contributed by atoms with Crippen molar-refractivity contribution in [2.24, 2.45) is 5.92 Å². The second kappa shape index (κ2) is 6.87. The lowest BCUT2D eigenvalue weighted by molar-refractivity contribution is -0.144. The zero-order chi connectivity index (χ0) is 15.4. The van der Waals surface area contributed by atoms with E-state index in [0.717, 1.165) is 12.8 Å². The maximum atomic E-state index is 12.2. The predicted octanol–water partition coefficient (Wildman–Crippen LogP) is 1.86. The summed E-state index contributed by atoms with van der Waals surface area (Å²) in [6.45, 7) is 2.80. The molecule has 1 aromatic heterocycles. The number of hydrogen-bond acceptors (Lipinski definition) is 4. The van der Waals surface area contributed by atoms with Gasteiger partial charge in [-0.05, 0) is 38.4 Å². The first-order chi connectivity index (χ1) is 9.97. The number of anilines is 1. The van der Waals surface area contributed by atoms with Crippen LogP contribution in [0.5, 0.6) is 0 Å². The van der Waals surface area contributed by atoms with Gasteiger partial charge in [0.2, 0.25) is 5.91 Å². The van der Waals surface area contributed by atoms with Crippen LogP contribution in [0.25, 0.3) is 0 Å². The molecule has 1 fully saturated rings. The van der Waals surface area contributed by atoms with E-state index in [1.165, 1.54) is 6.20 Å². The Bertz CT molecular complexity index is 521. The van der Waals surface area contributed by atoms with Crippen LogP contribution in [0.4, 0.5) is 5.82 Å². The van der Waals surface area contributed by atoms with Crippen molar-refractivity contribution in [1.82, 2.24) is 9.88 Å². The van der Waals surface area contributed by atoms with Gasteiger partial charge in [0.15, 0.2) is 0 Å². The zero-order valence-corrected chi connectivity index (χ0v) is 12.5. The van der Waals surface area contributed by atoms with Gasteiger partial charge in [0.05, 0.1) is 10.9 Å². The third kappa shape index (κ3) is 4.15. The molecule has 2 atom stereocenters. The second-order valence-corrected chi connectivity index (χ2v) is 5.64. The van der Waals surface area contributed by atoms with Crippen molar-refractivity contribution >= 4 is 29.3 Å². The van der Waals surface area contributed by atoms with Crippen LogP contribution in [0, 0.1) is 5.92 Å². The first-order valence-electron chi connectivity index (χ1n) is 6.86. The number of aliphatic carboxylic acids is 1. The van der Waals surface area contributed by atoms with Gasteiger partial charge < -0.3 is 10.4 Å². The average molecular weight is 312 g/mol. The van der Waals surface area contributed by atoms with Gasteiger partial charge >= 0.3 is 5.97 Å². The third-order valence-electron chi connectivity index (χ3n) is 3.71.